The van der Waals surface area contributed by atoms with E-state index in [1.165, 1.54) is 13.2 Å². The van der Waals surface area contributed by atoms with E-state index in [-0.39, 0.29) is 5.76 Å². The van der Waals surface area contributed by atoms with Gasteiger partial charge in [-0.2, -0.15) is 0 Å². The Balaban J connectivity index is 1.39. The quantitative estimate of drug-likeness (QED) is 0.271. The van der Waals surface area contributed by atoms with Crippen LogP contribution in [0.15, 0.2) is 58.0 Å². The number of aliphatic hydroxyl groups excluding tert-OH is 1. The van der Waals surface area contributed by atoms with Crippen molar-refractivity contribution < 1.29 is 43.1 Å². The van der Waals surface area contributed by atoms with Crippen LogP contribution in [0.5, 0.6) is 0 Å². The summed E-state index contributed by atoms with van der Waals surface area (Å²) in [5, 5.41) is 13.7. The lowest BCUT2D eigenvalue weighted by molar-refractivity contribution is -0.241. The van der Waals surface area contributed by atoms with Crippen molar-refractivity contribution in [3.63, 3.8) is 0 Å². The molecule has 0 radical (unpaired) electrons. The van der Waals surface area contributed by atoms with Gasteiger partial charge in [0.2, 0.25) is 12.2 Å². The molecule has 238 valence electrons. The number of benzene rings is 1. The normalized spacial score (nSPS) is 29.7. The Bertz CT molecular complexity index is 1540. The summed E-state index contributed by atoms with van der Waals surface area (Å²) >= 11 is 0. The molecule has 16 nitrogen and oxygen atoms in total. The molecule has 44 heavy (non-hydrogen) atoms. The highest BCUT2D eigenvalue weighted by Crippen LogP contribution is 2.39. The van der Waals surface area contributed by atoms with Crippen LogP contribution in [-0.2, 0) is 38.0 Å². The van der Waals surface area contributed by atoms with E-state index >= 15 is 0 Å². The Morgan fingerprint density at radius 2 is 1.86 bits per heavy atom. The molecule has 2 amide bonds. The molecule has 2 aromatic rings. The number of ether oxygens (including phenoxy) is 6. The van der Waals surface area contributed by atoms with Crippen LogP contribution < -0.4 is 27.2 Å². The number of hydrogen-bond donors (Lipinski definition) is 4. The minimum absolute atomic E-state index is 0.161. The van der Waals surface area contributed by atoms with E-state index in [4.69, 9.17) is 34.2 Å². The van der Waals surface area contributed by atoms with Gasteiger partial charge >= 0.3 is 5.69 Å². The van der Waals surface area contributed by atoms with Crippen LogP contribution in [0.1, 0.15) is 20.1 Å². The summed E-state index contributed by atoms with van der Waals surface area (Å²) in [6.07, 6.45) is -7.62. The highest BCUT2D eigenvalue weighted by molar-refractivity contribution is 6.02. The number of methoxy groups -OCH3 is 1. The predicted octanol–water partition coefficient (Wildman–Crippen LogP) is -0.855. The number of nitrogens with one attached hydrogen (secondary N) is 2. The second-order valence-electron chi connectivity index (χ2n) is 11.1. The van der Waals surface area contributed by atoms with Gasteiger partial charge in [0.05, 0.1) is 0 Å². The van der Waals surface area contributed by atoms with Crippen LogP contribution in [0.25, 0.3) is 0 Å². The molecule has 0 spiro atoms. The smallest absolute Gasteiger partial charge is 0.330 e. The van der Waals surface area contributed by atoms with E-state index < -0.39 is 78.0 Å². The number of nitrogens with two attached hydrogens (primary N) is 1. The van der Waals surface area contributed by atoms with E-state index in [0.29, 0.717) is 5.69 Å². The van der Waals surface area contributed by atoms with E-state index in [1.807, 2.05) is 31.1 Å². The number of aromatic nitrogens is 2. The van der Waals surface area contributed by atoms with Crippen LogP contribution in [-0.4, -0.2) is 96.4 Å². The minimum atomic E-state index is -1.63. The number of aromatic amines is 1. The first-order valence-electron chi connectivity index (χ1n) is 13.7. The SMILES string of the molecule is CO[C@H]1[C@@H](O)[C@H](n2ccc(=O)[nH]c2=O)O[C@@H]1[C@@H](O[C@H]1OC(C(=O)Nc2ccc(N(C)C)cc2)=C[C@@H]2OC(C)(C)O[C@H]12)C(N)=O. The Morgan fingerprint density at radius 3 is 2.48 bits per heavy atom. The zero-order chi connectivity index (χ0) is 31.9. The van der Waals surface area contributed by atoms with Crippen LogP contribution >= 0.6 is 0 Å². The molecular formula is C28H35N5O11. The molecular weight excluding hydrogens is 582 g/mol. The number of anilines is 2. The van der Waals surface area contributed by atoms with Crippen molar-refractivity contribution in [1.82, 2.24) is 9.55 Å². The molecule has 3 aliphatic rings. The molecule has 8 atom stereocenters. The molecule has 4 heterocycles. The minimum Gasteiger partial charge on any atom is -0.456 e. The van der Waals surface area contributed by atoms with E-state index in [0.717, 1.165) is 22.5 Å². The maximum absolute atomic E-state index is 13.3. The van der Waals surface area contributed by atoms with Crippen LogP contribution in [0, 0.1) is 0 Å². The molecule has 3 aliphatic heterocycles. The molecule has 0 saturated carbocycles. The van der Waals surface area contributed by atoms with Gasteiger partial charge in [0.25, 0.3) is 11.5 Å². The predicted molar refractivity (Wildman–Crippen MR) is 152 cm³/mol. The van der Waals surface area contributed by atoms with Crippen molar-refractivity contribution in [3.05, 3.63) is 69.2 Å². The van der Waals surface area contributed by atoms with Crippen molar-refractivity contribution in [3.8, 4) is 0 Å². The number of fused-ring (bicyclic) bond motifs is 1. The number of H-pyrrole nitrogens is 1. The number of nitrogens with zero attached hydrogens (tertiary/aromatic N) is 2. The van der Waals surface area contributed by atoms with E-state index in [1.54, 1.807) is 26.0 Å². The topological polar surface area (TPSA) is 206 Å². The number of carbonyl (C=O) groups excluding carboxylic acids is 2. The van der Waals surface area contributed by atoms with Crippen molar-refractivity contribution in [2.45, 2.75) is 68.8 Å². The lowest BCUT2D eigenvalue weighted by Crippen LogP contribution is -2.53. The van der Waals surface area contributed by atoms with Gasteiger partial charge in [0, 0.05) is 44.8 Å². The summed E-state index contributed by atoms with van der Waals surface area (Å²) in [5.74, 6) is -2.89. The number of carbonyl (C=O) groups is 2. The molecule has 0 bridgehead atoms. The maximum atomic E-state index is 13.3. The monoisotopic (exact) mass is 617 g/mol. The third-order valence-electron chi connectivity index (χ3n) is 7.36. The van der Waals surface area contributed by atoms with Gasteiger partial charge in [0.15, 0.2) is 30.0 Å². The van der Waals surface area contributed by atoms with Gasteiger partial charge in [-0.25, -0.2) is 4.79 Å². The van der Waals surface area contributed by atoms with Gasteiger partial charge < -0.3 is 49.5 Å². The summed E-state index contributed by atoms with van der Waals surface area (Å²) in [5.41, 5.74) is 5.66. The highest BCUT2D eigenvalue weighted by atomic mass is 16.8. The third kappa shape index (κ3) is 6.26. The third-order valence-corrected chi connectivity index (χ3v) is 7.36. The zero-order valence-electron chi connectivity index (χ0n) is 24.7. The molecule has 0 aliphatic carbocycles. The van der Waals surface area contributed by atoms with Crippen molar-refractivity contribution in [1.29, 1.82) is 0 Å². The molecule has 1 aromatic carbocycles. The average molecular weight is 618 g/mol. The maximum Gasteiger partial charge on any atom is 0.330 e. The van der Waals surface area contributed by atoms with Crippen molar-refractivity contribution in [2.75, 3.05) is 31.4 Å². The second-order valence-corrected chi connectivity index (χ2v) is 11.1. The fourth-order valence-electron chi connectivity index (χ4n) is 5.31. The van der Waals surface area contributed by atoms with Crippen molar-refractivity contribution >= 4 is 23.2 Å². The molecule has 2 saturated heterocycles. The second kappa shape index (κ2) is 12.1. The largest absolute Gasteiger partial charge is 0.456 e. The Kier molecular flexibility index (Phi) is 8.66. The van der Waals surface area contributed by atoms with Crippen LogP contribution in [0.2, 0.25) is 0 Å². The van der Waals surface area contributed by atoms with Crippen LogP contribution in [0.4, 0.5) is 11.4 Å². The fourth-order valence-corrected chi connectivity index (χ4v) is 5.31. The standard InChI is InChI=1S/C28H35N5O11/c1-28(2)43-15-12-16(24(37)30-13-6-8-14(9-7-13)32(3)4)40-26(19(15)44-28)42-22(23(29)36)21-20(39-5)18(35)25(41-21)33-11-10-17(34)31-27(33)38/h6-12,15,18-22,25-26,35H,1-5H3,(H2,29,36)(H,30,37)(H,31,34,38)/t15-,18+,19-,20-,21-,22+,25+,26+/m0/s1. The average Bonchev–Trinajstić information content (AvgIpc) is 3.45. The highest BCUT2D eigenvalue weighted by Gasteiger charge is 2.55. The molecule has 16 heteroatoms. The summed E-state index contributed by atoms with van der Waals surface area (Å²) in [4.78, 5) is 54.0. The number of primary amides is 1. The Hall–Kier alpha value is -4.06. The summed E-state index contributed by atoms with van der Waals surface area (Å²) in [7, 11) is 5.05. The van der Waals surface area contributed by atoms with Gasteiger partial charge in [-0.3, -0.25) is 23.9 Å². The Morgan fingerprint density at radius 1 is 1.16 bits per heavy atom. The fraction of sp³-hybridized carbons (Fsp3) is 0.500. The van der Waals surface area contributed by atoms with Gasteiger partial charge in [-0.1, -0.05) is 0 Å². The summed E-state index contributed by atoms with van der Waals surface area (Å²) in [6, 6.07) is 8.19. The molecule has 5 rings (SSSR count). The van der Waals surface area contributed by atoms with Crippen LogP contribution in [0.3, 0.4) is 0 Å². The molecule has 1 aromatic heterocycles. The zero-order valence-corrected chi connectivity index (χ0v) is 24.7. The number of hydrogen-bond acceptors (Lipinski definition) is 12. The summed E-state index contributed by atoms with van der Waals surface area (Å²) < 4.78 is 36.1. The number of amides is 2. The van der Waals surface area contributed by atoms with Gasteiger partial charge in [-0.15, -0.1) is 0 Å². The van der Waals surface area contributed by atoms with Gasteiger partial charge in [-0.05, 0) is 44.2 Å². The van der Waals surface area contributed by atoms with E-state index in [2.05, 4.69) is 10.3 Å². The molecule has 0 unspecified atom stereocenters. The number of rotatable bonds is 9. The Labute approximate surface area is 251 Å². The number of aliphatic hydroxyl groups is 1. The first kappa shape index (κ1) is 31.4. The lowest BCUT2D eigenvalue weighted by Gasteiger charge is -2.34. The van der Waals surface area contributed by atoms with Gasteiger partial charge in [0.1, 0.15) is 24.4 Å². The first-order chi connectivity index (χ1) is 20.8. The lowest BCUT2D eigenvalue weighted by atomic mass is 10.0. The molecule has 2 fully saturated rings. The van der Waals surface area contributed by atoms with Crippen molar-refractivity contribution in [2.24, 2.45) is 5.73 Å². The molecule has 5 N–H and O–H groups in total. The summed E-state index contributed by atoms with van der Waals surface area (Å²) in [6.45, 7) is 3.33. The first-order valence-corrected chi connectivity index (χ1v) is 13.7. The van der Waals surface area contributed by atoms with E-state index in [9.17, 15) is 24.3 Å².